The Morgan fingerprint density at radius 3 is 1.11 bits per heavy atom. The fourth-order valence-corrected chi connectivity index (χ4v) is 15.1. The van der Waals surface area contributed by atoms with E-state index in [1.165, 1.54) is 41.4 Å². The molecule has 0 fully saturated rings. The van der Waals surface area contributed by atoms with Crippen LogP contribution >= 0.6 is 10.0 Å². The molecule has 354 valence electrons. The van der Waals surface area contributed by atoms with E-state index in [1.54, 1.807) is 0 Å². The van der Waals surface area contributed by atoms with Crippen LogP contribution in [0.5, 0.6) is 0 Å². The van der Waals surface area contributed by atoms with E-state index in [0.29, 0.717) is 5.95 Å². The average molecular weight is 977 g/mol. The molecule has 0 bridgehead atoms. The standard InChI is InChI=1S/C70H48N4S/c1-6-22-49(23-7-1)52-44-53(50-24-8-2-9-25-50)46-54(45-52)65-48-64(51-38-41-59(42-39-51)75(56-26-10-3-11-27-56,57-28-12-4-13-29-57)58-30-14-5-15-31-58)71-70(72-65)74-68-37-21-18-34-62(68)63-47-55(40-43-69(63)74)73-66-35-19-16-32-60(66)61-33-17-20-36-67(61)73/h1-48H. The average Bonchev–Trinajstić information content (AvgIpc) is 4.01. The first-order chi connectivity index (χ1) is 37.2. The maximum Gasteiger partial charge on any atom is 0.235 e. The maximum absolute atomic E-state index is 5.62. The van der Waals surface area contributed by atoms with Crippen LogP contribution in [0.4, 0.5) is 0 Å². The van der Waals surface area contributed by atoms with Crippen molar-refractivity contribution in [2.75, 3.05) is 0 Å². The van der Waals surface area contributed by atoms with Gasteiger partial charge in [0.05, 0.1) is 33.5 Å². The lowest BCUT2D eigenvalue weighted by Crippen LogP contribution is -2.06. The summed E-state index contributed by atoms with van der Waals surface area (Å²) in [5.74, 6) is 0.603. The smallest absolute Gasteiger partial charge is 0.235 e. The molecule has 5 heteroatoms. The molecule has 0 spiro atoms. The molecule has 14 aromatic rings. The van der Waals surface area contributed by atoms with Crippen LogP contribution in [0.15, 0.2) is 311 Å². The van der Waals surface area contributed by atoms with E-state index in [1.807, 2.05) is 0 Å². The summed E-state index contributed by atoms with van der Waals surface area (Å²) >= 11 is 0. The Balaban J connectivity index is 1.000. The number of aromatic nitrogens is 4. The maximum atomic E-state index is 5.62. The van der Waals surface area contributed by atoms with Crippen molar-refractivity contribution in [2.45, 2.75) is 19.6 Å². The van der Waals surface area contributed by atoms with Gasteiger partial charge >= 0.3 is 0 Å². The summed E-state index contributed by atoms with van der Waals surface area (Å²) in [5, 5.41) is 4.74. The van der Waals surface area contributed by atoms with Crippen LogP contribution in [-0.4, -0.2) is 19.1 Å². The van der Waals surface area contributed by atoms with Gasteiger partial charge in [-0.15, -0.1) is 10.0 Å². The minimum atomic E-state index is -1.90. The van der Waals surface area contributed by atoms with Gasteiger partial charge in [-0.3, -0.25) is 4.57 Å². The fraction of sp³-hybridized carbons (Fsp3) is 0. The summed E-state index contributed by atoms with van der Waals surface area (Å²) in [6.45, 7) is 0. The molecule has 0 aliphatic rings. The zero-order valence-electron chi connectivity index (χ0n) is 40.9. The molecule has 0 unspecified atom stereocenters. The van der Waals surface area contributed by atoms with Crippen molar-refractivity contribution in [3.8, 4) is 56.4 Å². The lowest BCUT2D eigenvalue weighted by Gasteiger charge is -2.42. The second-order valence-electron chi connectivity index (χ2n) is 19.0. The van der Waals surface area contributed by atoms with Crippen LogP contribution in [0.1, 0.15) is 0 Å². The van der Waals surface area contributed by atoms with Gasteiger partial charge in [-0.05, 0) is 131 Å². The summed E-state index contributed by atoms with van der Waals surface area (Å²) in [6, 6.07) is 105. The molecule has 0 N–H and O–H groups in total. The third kappa shape index (κ3) is 7.55. The summed E-state index contributed by atoms with van der Waals surface area (Å²) in [7, 11) is -1.90. The van der Waals surface area contributed by atoms with Crippen molar-refractivity contribution < 1.29 is 0 Å². The predicted octanol–water partition coefficient (Wildman–Crippen LogP) is 18.7. The van der Waals surface area contributed by atoms with Crippen molar-refractivity contribution in [3.05, 3.63) is 291 Å². The molecule has 0 aliphatic heterocycles. The molecule has 11 aromatic carbocycles. The Hall–Kier alpha value is -9.55. The van der Waals surface area contributed by atoms with Gasteiger partial charge in [0.1, 0.15) is 0 Å². The zero-order chi connectivity index (χ0) is 49.7. The topological polar surface area (TPSA) is 35.6 Å². The van der Waals surface area contributed by atoms with E-state index in [2.05, 4.69) is 300 Å². The van der Waals surface area contributed by atoms with Crippen LogP contribution < -0.4 is 0 Å². The quantitative estimate of drug-likeness (QED) is 0.137. The first kappa shape index (κ1) is 44.2. The highest BCUT2D eigenvalue weighted by molar-refractivity contribution is 8.34. The van der Waals surface area contributed by atoms with Crippen LogP contribution in [-0.2, 0) is 0 Å². The predicted molar refractivity (Wildman–Crippen MR) is 312 cm³/mol. The second-order valence-corrected chi connectivity index (χ2v) is 22.1. The minimum absolute atomic E-state index is 0.603. The van der Waals surface area contributed by atoms with E-state index in [0.717, 1.165) is 72.3 Å². The van der Waals surface area contributed by atoms with E-state index in [9.17, 15) is 0 Å². The molecule has 14 rings (SSSR count). The largest absolute Gasteiger partial charge is 0.309 e. The molecular weight excluding hydrogens is 929 g/mol. The molecule has 0 atom stereocenters. The molecule has 0 radical (unpaired) electrons. The van der Waals surface area contributed by atoms with E-state index < -0.39 is 10.0 Å². The van der Waals surface area contributed by atoms with Crippen LogP contribution in [0.2, 0.25) is 0 Å². The van der Waals surface area contributed by atoms with Crippen molar-refractivity contribution in [1.29, 1.82) is 0 Å². The van der Waals surface area contributed by atoms with Gasteiger partial charge in [0.2, 0.25) is 5.95 Å². The Morgan fingerprint density at radius 2 is 0.613 bits per heavy atom. The number of para-hydroxylation sites is 3. The monoisotopic (exact) mass is 976 g/mol. The highest BCUT2D eigenvalue weighted by Crippen LogP contribution is 2.73. The third-order valence-electron chi connectivity index (χ3n) is 14.6. The van der Waals surface area contributed by atoms with Crippen LogP contribution in [0.25, 0.3) is 100 Å². The van der Waals surface area contributed by atoms with Gasteiger partial charge in [-0.25, -0.2) is 9.97 Å². The lowest BCUT2D eigenvalue weighted by molar-refractivity contribution is 0.995. The van der Waals surface area contributed by atoms with Crippen molar-refractivity contribution in [2.24, 2.45) is 0 Å². The number of hydrogen-bond donors (Lipinski definition) is 0. The van der Waals surface area contributed by atoms with Gasteiger partial charge < -0.3 is 4.57 Å². The molecule has 3 aromatic heterocycles. The number of fused-ring (bicyclic) bond motifs is 6. The normalized spacial score (nSPS) is 11.9. The highest BCUT2D eigenvalue weighted by atomic mass is 32.3. The fourth-order valence-electron chi connectivity index (χ4n) is 11.2. The number of hydrogen-bond acceptors (Lipinski definition) is 2. The van der Waals surface area contributed by atoms with Gasteiger partial charge in [-0.1, -0.05) is 182 Å². The first-order valence-corrected chi connectivity index (χ1v) is 27.1. The summed E-state index contributed by atoms with van der Waals surface area (Å²) in [5.41, 5.74) is 13.7. The van der Waals surface area contributed by atoms with Crippen LogP contribution in [0, 0.1) is 0 Å². The molecule has 3 heterocycles. The number of benzene rings is 11. The van der Waals surface area contributed by atoms with Gasteiger partial charge in [0.25, 0.3) is 0 Å². The van der Waals surface area contributed by atoms with E-state index in [-0.39, 0.29) is 0 Å². The molecule has 0 saturated heterocycles. The zero-order valence-corrected chi connectivity index (χ0v) is 41.7. The molecule has 0 amide bonds. The summed E-state index contributed by atoms with van der Waals surface area (Å²) < 4.78 is 4.65. The molecule has 0 aliphatic carbocycles. The summed E-state index contributed by atoms with van der Waals surface area (Å²) in [4.78, 5) is 16.3. The van der Waals surface area contributed by atoms with Crippen molar-refractivity contribution in [1.82, 2.24) is 19.1 Å². The second kappa shape index (κ2) is 18.5. The Bertz CT molecular complexity index is 4170. The van der Waals surface area contributed by atoms with Gasteiger partial charge in [0, 0.05) is 57.9 Å². The molecule has 4 nitrogen and oxygen atoms in total. The van der Waals surface area contributed by atoms with E-state index >= 15 is 0 Å². The minimum Gasteiger partial charge on any atom is -0.309 e. The first-order valence-electron chi connectivity index (χ1n) is 25.5. The van der Waals surface area contributed by atoms with Crippen LogP contribution in [0.3, 0.4) is 0 Å². The SMILES string of the molecule is c1ccc(-c2cc(-c3ccccc3)cc(-c3cc(-c4ccc(S(c5ccccc5)(c5ccccc5)c5ccccc5)cc4)nc(-n4c5ccccc5c5cc(-n6c7ccccc7c7ccccc76)ccc54)n3)c2)cc1. The van der Waals surface area contributed by atoms with Gasteiger partial charge in [-0.2, -0.15) is 0 Å². The van der Waals surface area contributed by atoms with E-state index in [4.69, 9.17) is 9.97 Å². The highest BCUT2D eigenvalue weighted by Gasteiger charge is 2.33. The molecule has 0 saturated carbocycles. The molecule has 75 heavy (non-hydrogen) atoms. The Morgan fingerprint density at radius 1 is 0.240 bits per heavy atom. The number of nitrogens with zero attached hydrogens (tertiary/aromatic N) is 4. The van der Waals surface area contributed by atoms with Gasteiger partial charge in [0.15, 0.2) is 0 Å². The third-order valence-corrected chi connectivity index (χ3v) is 18.6. The summed E-state index contributed by atoms with van der Waals surface area (Å²) in [6.07, 6.45) is 0. The Labute approximate surface area is 437 Å². The number of rotatable bonds is 10. The Kier molecular flexibility index (Phi) is 10.9. The van der Waals surface area contributed by atoms with Crippen molar-refractivity contribution in [3.63, 3.8) is 0 Å². The van der Waals surface area contributed by atoms with Crippen molar-refractivity contribution >= 4 is 53.6 Å². The molecular formula is C70H48N4S. The lowest BCUT2D eigenvalue weighted by atomic mass is 9.94.